The number of carbonyl (C=O) groups is 3. The number of furan rings is 1. The Hall–Kier alpha value is -4.48. The number of nitrogens with one attached hydrogen (secondary N) is 3. The van der Waals surface area contributed by atoms with Crippen LogP contribution >= 0.6 is 23.2 Å². The van der Waals surface area contributed by atoms with Gasteiger partial charge in [0, 0.05) is 16.3 Å². The summed E-state index contributed by atoms with van der Waals surface area (Å²) in [6, 6.07) is 12.0. The normalized spacial score (nSPS) is 14.9. The molecule has 0 fully saturated rings. The van der Waals surface area contributed by atoms with Gasteiger partial charge in [-0.25, -0.2) is 15.0 Å². The minimum absolute atomic E-state index is 0.245. The van der Waals surface area contributed by atoms with E-state index in [0.717, 1.165) is 0 Å². The first-order valence-corrected chi connectivity index (χ1v) is 12.5. The number of ether oxygens (including phenoxy) is 3. The van der Waals surface area contributed by atoms with Gasteiger partial charge in [0.15, 0.2) is 18.1 Å². The third-order valence-corrected chi connectivity index (χ3v) is 6.31. The quantitative estimate of drug-likeness (QED) is 0.189. The molecule has 0 saturated heterocycles. The largest absolute Gasteiger partial charge is 0.493 e. The highest BCUT2D eigenvalue weighted by atomic mass is 35.5. The number of halogens is 2. The van der Waals surface area contributed by atoms with Crippen molar-refractivity contribution in [3.63, 3.8) is 0 Å². The van der Waals surface area contributed by atoms with Gasteiger partial charge in [-0.1, -0.05) is 29.3 Å². The second kappa shape index (κ2) is 12.6. The van der Waals surface area contributed by atoms with Crippen molar-refractivity contribution >= 4 is 47.3 Å². The number of allylic oxidation sites excluding steroid dienone is 1. The van der Waals surface area contributed by atoms with Crippen molar-refractivity contribution in [1.29, 1.82) is 0 Å². The van der Waals surface area contributed by atoms with Crippen LogP contribution in [-0.2, 0) is 14.3 Å². The molecule has 1 aliphatic rings. The van der Waals surface area contributed by atoms with Gasteiger partial charge >= 0.3 is 12.0 Å². The Balaban J connectivity index is 1.38. The number of methoxy groups -OCH3 is 2. The highest BCUT2D eigenvalue weighted by Crippen LogP contribution is 2.35. The summed E-state index contributed by atoms with van der Waals surface area (Å²) in [5.74, 6) is 0.328. The third kappa shape index (κ3) is 6.56. The summed E-state index contributed by atoms with van der Waals surface area (Å²) >= 11 is 12.1. The van der Waals surface area contributed by atoms with Gasteiger partial charge in [-0.2, -0.15) is 5.10 Å². The first kappa shape index (κ1) is 28.5. The second-order valence-corrected chi connectivity index (χ2v) is 9.22. The molecule has 4 rings (SSSR count). The SMILES string of the molecule is COC(=O)C1=C(C)NC(=O)N[C@H]1c1ccc(OCC(=O)N/N=C\c2ccc(-c3ccc(Cl)cc3Cl)o2)c(OC)c1. The number of rotatable bonds is 9. The first-order valence-electron chi connectivity index (χ1n) is 11.7. The van der Waals surface area contributed by atoms with E-state index in [1.54, 1.807) is 55.5 Å². The predicted molar refractivity (Wildman–Crippen MR) is 148 cm³/mol. The van der Waals surface area contributed by atoms with Crippen molar-refractivity contribution in [1.82, 2.24) is 16.1 Å². The third-order valence-electron chi connectivity index (χ3n) is 5.76. The van der Waals surface area contributed by atoms with E-state index in [2.05, 4.69) is 21.2 Å². The van der Waals surface area contributed by atoms with E-state index in [-0.39, 0.29) is 23.7 Å². The summed E-state index contributed by atoms with van der Waals surface area (Å²) in [6.45, 7) is 1.24. The lowest BCUT2D eigenvalue weighted by molar-refractivity contribution is -0.136. The molecule has 0 saturated carbocycles. The number of nitrogens with zero attached hydrogens (tertiary/aromatic N) is 1. The molecule has 2 heterocycles. The molecule has 208 valence electrons. The number of esters is 1. The van der Waals surface area contributed by atoms with Crippen molar-refractivity contribution in [2.45, 2.75) is 13.0 Å². The van der Waals surface area contributed by atoms with Crippen LogP contribution in [0.4, 0.5) is 4.79 Å². The molecule has 3 amide bonds. The van der Waals surface area contributed by atoms with E-state index < -0.39 is 23.9 Å². The van der Waals surface area contributed by atoms with Crippen LogP contribution < -0.4 is 25.5 Å². The molecule has 1 atom stereocenters. The van der Waals surface area contributed by atoms with Crippen molar-refractivity contribution < 1.29 is 33.0 Å². The summed E-state index contributed by atoms with van der Waals surface area (Å²) < 4.78 is 21.6. The van der Waals surface area contributed by atoms with Crippen LogP contribution in [0.3, 0.4) is 0 Å². The van der Waals surface area contributed by atoms with Gasteiger partial charge in [0.1, 0.15) is 11.5 Å². The second-order valence-electron chi connectivity index (χ2n) is 8.38. The lowest BCUT2D eigenvalue weighted by atomic mass is 9.95. The summed E-state index contributed by atoms with van der Waals surface area (Å²) in [6.07, 6.45) is 1.34. The predicted octanol–water partition coefficient (Wildman–Crippen LogP) is 4.59. The van der Waals surface area contributed by atoms with E-state index in [1.165, 1.54) is 20.4 Å². The molecule has 1 aliphatic heterocycles. The number of hydrogen-bond acceptors (Lipinski definition) is 8. The maximum atomic E-state index is 12.3. The lowest BCUT2D eigenvalue weighted by Crippen LogP contribution is -2.45. The van der Waals surface area contributed by atoms with E-state index in [0.29, 0.717) is 38.4 Å². The molecule has 2 aromatic carbocycles. The molecule has 0 aliphatic carbocycles. The van der Waals surface area contributed by atoms with Gasteiger partial charge in [0.2, 0.25) is 0 Å². The Morgan fingerprint density at radius 1 is 1.10 bits per heavy atom. The van der Waals surface area contributed by atoms with Crippen molar-refractivity contribution in [3.8, 4) is 22.8 Å². The van der Waals surface area contributed by atoms with Crippen LogP contribution in [0.25, 0.3) is 11.3 Å². The zero-order chi connectivity index (χ0) is 28.8. The molecule has 40 heavy (non-hydrogen) atoms. The molecule has 0 bridgehead atoms. The summed E-state index contributed by atoms with van der Waals surface area (Å²) in [5, 5.41) is 10.1. The molecule has 3 aromatic rings. The Bertz CT molecular complexity index is 1520. The lowest BCUT2D eigenvalue weighted by Gasteiger charge is -2.28. The Morgan fingerprint density at radius 3 is 2.62 bits per heavy atom. The van der Waals surface area contributed by atoms with Gasteiger partial charge in [0.05, 0.1) is 37.1 Å². The fourth-order valence-electron chi connectivity index (χ4n) is 3.91. The number of carbonyl (C=O) groups excluding carboxylic acids is 3. The molecular weight excluding hydrogens is 563 g/mol. The maximum Gasteiger partial charge on any atom is 0.337 e. The molecule has 11 nitrogen and oxygen atoms in total. The van der Waals surface area contributed by atoms with E-state index in [1.807, 2.05) is 0 Å². The number of amides is 3. The van der Waals surface area contributed by atoms with Crippen LogP contribution in [-0.4, -0.2) is 44.9 Å². The van der Waals surface area contributed by atoms with E-state index >= 15 is 0 Å². The average molecular weight is 587 g/mol. The van der Waals surface area contributed by atoms with E-state index in [9.17, 15) is 14.4 Å². The Morgan fingerprint density at radius 2 is 1.90 bits per heavy atom. The number of urea groups is 1. The van der Waals surface area contributed by atoms with Crippen LogP contribution in [0.1, 0.15) is 24.3 Å². The minimum atomic E-state index is -0.778. The van der Waals surface area contributed by atoms with Crippen molar-refractivity contribution in [2.75, 3.05) is 20.8 Å². The van der Waals surface area contributed by atoms with Crippen LogP contribution in [0.2, 0.25) is 10.0 Å². The summed E-state index contributed by atoms with van der Waals surface area (Å²) in [7, 11) is 2.68. The monoisotopic (exact) mass is 586 g/mol. The van der Waals surface area contributed by atoms with Crippen molar-refractivity contribution in [3.05, 3.63) is 81.2 Å². The van der Waals surface area contributed by atoms with Gasteiger partial charge in [-0.3, -0.25) is 4.79 Å². The number of benzene rings is 2. The zero-order valence-corrected chi connectivity index (χ0v) is 23.1. The highest BCUT2D eigenvalue weighted by molar-refractivity contribution is 6.36. The van der Waals surface area contributed by atoms with Crippen LogP contribution in [0, 0.1) is 0 Å². The fourth-order valence-corrected chi connectivity index (χ4v) is 4.41. The molecule has 1 aromatic heterocycles. The van der Waals surface area contributed by atoms with Crippen molar-refractivity contribution in [2.24, 2.45) is 5.10 Å². The highest BCUT2D eigenvalue weighted by Gasteiger charge is 2.32. The number of hydrogen-bond donors (Lipinski definition) is 3. The average Bonchev–Trinajstić information content (AvgIpc) is 3.39. The van der Waals surface area contributed by atoms with E-state index in [4.69, 9.17) is 41.8 Å². The maximum absolute atomic E-state index is 12.3. The topological polar surface area (TPSA) is 140 Å². The molecular formula is C27H24Cl2N4O7. The smallest absolute Gasteiger partial charge is 0.337 e. The minimum Gasteiger partial charge on any atom is -0.493 e. The molecule has 0 radical (unpaired) electrons. The van der Waals surface area contributed by atoms with Gasteiger partial charge < -0.3 is 29.3 Å². The first-order chi connectivity index (χ1) is 19.2. The molecule has 0 spiro atoms. The molecule has 13 heteroatoms. The number of hydrazone groups is 1. The zero-order valence-electron chi connectivity index (χ0n) is 21.5. The molecule has 3 N–H and O–H groups in total. The van der Waals surface area contributed by atoms with Gasteiger partial charge in [-0.05, 0) is 55.0 Å². The fraction of sp³-hybridized carbons (Fsp3) is 0.185. The summed E-state index contributed by atoms with van der Waals surface area (Å²) in [5.41, 5.74) is 4.18. The van der Waals surface area contributed by atoms with Crippen LogP contribution in [0.5, 0.6) is 11.5 Å². The standard InChI is InChI=1S/C27H24Cl2N4O7/c1-14-24(26(35)38-3)25(32-27(36)31-14)15-4-8-21(22(10-15)37-2)39-13-23(34)33-30-12-17-6-9-20(40-17)18-7-5-16(28)11-19(18)29/h4-12,25H,13H2,1-3H3,(H,33,34)(H2,31,32,36)/b30-12-/t25-/m0/s1. The van der Waals surface area contributed by atoms with Gasteiger partial charge in [-0.15, -0.1) is 0 Å². The van der Waals surface area contributed by atoms with Gasteiger partial charge in [0.25, 0.3) is 5.91 Å². The van der Waals surface area contributed by atoms with Crippen LogP contribution in [0.15, 0.2) is 69.3 Å². The Kier molecular flexibility index (Phi) is 8.97. The summed E-state index contributed by atoms with van der Waals surface area (Å²) in [4.78, 5) is 36.7. The molecule has 0 unspecified atom stereocenters. The Labute approximate surface area is 239 Å².